The summed E-state index contributed by atoms with van der Waals surface area (Å²) < 4.78 is 5.82. The van der Waals surface area contributed by atoms with Gasteiger partial charge >= 0.3 is 0 Å². The number of hydrogen-bond donors (Lipinski definition) is 2. The van der Waals surface area contributed by atoms with Crippen LogP contribution in [-0.2, 0) is 5.60 Å². The number of rotatable bonds is 10. The second-order valence-electron chi connectivity index (χ2n) is 7.78. The molecule has 0 aliphatic heterocycles. The smallest absolute Gasteiger partial charge is 0.121 e. The molecule has 0 spiro atoms. The maximum Gasteiger partial charge on any atom is 0.121 e. The number of aliphatic hydroxyl groups is 2. The molecule has 0 saturated heterocycles. The maximum atomic E-state index is 12.2. The minimum absolute atomic E-state index is 0.0135. The molecule has 158 valence electrons. The van der Waals surface area contributed by atoms with Gasteiger partial charge in [0.15, 0.2) is 0 Å². The van der Waals surface area contributed by atoms with E-state index < -0.39 is 5.60 Å². The van der Waals surface area contributed by atoms with E-state index in [1.54, 1.807) is 0 Å². The molecule has 3 aromatic carbocycles. The van der Waals surface area contributed by atoms with Crippen LogP contribution in [0.25, 0.3) is 0 Å². The Morgan fingerprint density at radius 3 is 1.97 bits per heavy atom. The van der Waals surface area contributed by atoms with Crippen molar-refractivity contribution in [3.05, 3.63) is 102 Å². The van der Waals surface area contributed by atoms with E-state index in [4.69, 9.17) is 4.74 Å². The van der Waals surface area contributed by atoms with Crippen molar-refractivity contribution in [1.29, 1.82) is 0 Å². The first-order valence-electron chi connectivity index (χ1n) is 10.4. The molecular weight excluding hydrogens is 374 g/mol. The Hall–Kier alpha value is -2.66. The molecule has 0 saturated carbocycles. The predicted octanol–water partition coefficient (Wildman–Crippen LogP) is 4.03. The molecule has 3 rings (SSSR count). The molecule has 0 aromatic heterocycles. The predicted molar refractivity (Wildman–Crippen MR) is 121 cm³/mol. The minimum Gasteiger partial charge on any atom is -0.492 e. The van der Waals surface area contributed by atoms with E-state index in [0.29, 0.717) is 13.0 Å². The molecule has 3 aromatic rings. The van der Waals surface area contributed by atoms with Crippen LogP contribution in [0.1, 0.15) is 29.0 Å². The van der Waals surface area contributed by atoms with E-state index in [-0.39, 0.29) is 12.5 Å². The minimum atomic E-state index is -1.28. The largest absolute Gasteiger partial charge is 0.492 e. The lowest BCUT2D eigenvalue weighted by Gasteiger charge is -2.38. The van der Waals surface area contributed by atoms with E-state index in [2.05, 4.69) is 4.90 Å². The SMILES string of the molecule is CN(C)CCOc1ccc(C(O)(c2ccccc2)C(CCO)c2ccccc2)cc1. The third kappa shape index (κ3) is 5.08. The highest BCUT2D eigenvalue weighted by Crippen LogP contribution is 2.44. The van der Waals surface area contributed by atoms with Crippen molar-refractivity contribution in [2.24, 2.45) is 0 Å². The maximum absolute atomic E-state index is 12.2. The van der Waals surface area contributed by atoms with Crippen LogP contribution in [-0.4, -0.2) is 49.0 Å². The number of ether oxygens (including phenoxy) is 1. The molecule has 0 fully saturated rings. The van der Waals surface area contributed by atoms with Crippen molar-refractivity contribution in [1.82, 2.24) is 4.90 Å². The quantitative estimate of drug-likeness (QED) is 0.535. The van der Waals surface area contributed by atoms with Crippen LogP contribution in [0.3, 0.4) is 0 Å². The zero-order chi connectivity index (χ0) is 21.4. The van der Waals surface area contributed by atoms with E-state index >= 15 is 0 Å². The molecule has 30 heavy (non-hydrogen) atoms. The first-order valence-corrected chi connectivity index (χ1v) is 10.4. The Morgan fingerprint density at radius 2 is 1.40 bits per heavy atom. The van der Waals surface area contributed by atoms with Gasteiger partial charge in [-0.2, -0.15) is 0 Å². The summed E-state index contributed by atoms with van der Waals surface area (Å²) in [7, 11) is 4.02. The fourth-order valence-corrected chi connectivity index (χ4v) is 3.84. The van der Waals surface area contributed by atoms with Gasteiger partial charge in [0.2, 0.25) is 0 Å². The van der Waals surface area contributed by atoms with E-state index in [0.717, 1.165) is 29.0 Å². The molecule has 4 heteroatoms. The molecule has 0 radical (unpaired) electrons. The Kier molecular flexibility index (Phi) is 7.63. The Morgan fingerprint density at radius 1 is 0.833 bits per heavy atom. The van der Waals surface area contributed by atoms with Crippen LogP contribution in [0.4, 0.5) is 0 Å². The number of aliphatic hydroxyl groups excluding tert-OH is 1. The second kappa shape index (κ2) is 10.4. The van der Waals surface area contributed by atoms with Crippen LogP contribution in [0, 0.1) is 0 Å². The van der Waals surface area contributed by atoms with Crippen molar-refractivity contribution in [3.63, 3.8) is 0 Å². The van der Waals surface area contributed by atoms with Gasteiger partial charge in [-0.1, -0.05) is 72.8 Å². The van der Waals surface area contributed by atoms with Gasteiger partial charge in [0.05, 0.1) is 0 Å². The van der Waals surface area contributed by atoms with Crippen molar-refractivity contribution in [3.8, 4) is 5.75 Å². The van der Waals surface area contributed by atoms with Crippen LogP contribution < -0.4 is 4.74 Å². The first kappa shape index (κ1) is 22.0. The molecule has 2 N–H and O–H groups in total. The lowest BCUT2D eigenvalue weighted by atomic mass is 9.71. The van der Waals surface area contributed by atoms with Crippen molar-refractivity contribution < 1.29 is 14.9 Å². The fourth-order valence-electron chi connectivity index (χ4n) is 3.84. The average molecular weight is 406 g/mol. The second-order valence-corrected chi connectivity index (χ2v) is 7.78. The molecule has 0 aliphatic carbocycles. The standard InChI is InChI=1S/C26H31NO3/c1-27(2)18-20-30-24-15-13-23(14-16-24)26(29,22-11-7-4-8-12-22)25(17-19-28)21-9-5-3-6-10-21/h3-16,25,28-29H,17-20H2,1-2H3. The molecule has 0 heterocycles. The highest BCUT2D eigenvalue weighted by atomic mass is 16.5. The van der Waals surface area contributed by atoms with E-state index in [9.17, 15) is 10.2 Å². The van der Waals surface area contributed by atoms with Crippen LogP contribution in [0.5, 0.6) is 5.75 Å². The molecule has 0 bridgehead atoms. The van der Waals surface area contributed by atoms with Crippen LogP contribution in [0.2, 0.25) is 0 Å². The zero-order valence-corrected chi connectivity index (χ0v) is 17.7. The molecule has 2 unspecified atom stereocenters. The highest BCUT2D eigenvalue weighted by Gasteiger charge is 2.40. The molecule has 0 aliphatic rings. The summed E-state index contributed by atoms with van der Waals surface area (Å²) in [5.74, 6) is 0.473. The number of likely N-dealkylation sites (N-methyl/N-ethyl adjacent to an activating group) is 1. The van der Waals surface area contributed by atoms with Gasteiger partial charge in [0.25, 0.3) is 0 Å². The first-order chi connectivity index (χ1) is 14.6. The van der Waals surface area contributed by atoms with Crippen LogP contribution >= 0.6 is 0 Å². The molecule has 4 nitrogen and oxygen atoms in total. The van der Waals surface area contributed by atoms with E-state index in [1.807, 2.05) is 99.0 Å². The highest BCUT2D eigenvalue weighted by molar-refractivity contribution is 5.43. The van der Waals surface area contributed by atoms with Crippen molar-refractivity contribution in [2.75, 3.05) is 33.9 Å². The molecule has 2 atom stereocenters. The zero-order valence-electron chi connectivity index (χ0n) is 17.7. The summed E-state index contributed by atoms with van der Waals surface area (Å²) >= 11 is 0. The third-order valence-corrected chi connectivity index (χ3v) is 5.44. The lowest BCUT2D eigenvalue weighted by molar-refractivity contribution is 0.0393. The van der Waals surface area contributed by atoms with Gasteiger partial charge in [-0.05, 0) is 49.3 Å². The topological polar surface area (TPSA) is 52.9 Å². The van der Waals surface area contributed by atoms with Crippen molar-refractivity contribution in [2.45, 2.75) is 17.9 Å². The molecular formula is C26H31NO3. The third-order valence-electron chi connectivity index (χ3n) is 5.44. The van der Waals surface area contributed by atoms with Gasteiger partial charge in [-0.25, -0.2) is 0 Å². The normalized spacial score (nSPS) is 14.3. The number of hydrogen-bond acceptors (Lipinski definition) is 4. The van der Waals surface area contributed by atoms with Gasteiger partial charge < -0.3 is 19.8 Å². The molecule has 0 amide bonds. The van der Waals surface area contributed by atoms with Crippen molar-refractivity contribution >= 4 is 0 Å². The Labute approximate surface area is 179 Å². The van der Waals surface area contributed by atoms with Gasteiger partial charge in [-0.15, -0.1) is 0 Å². The Balaban J connectivity index is 2.00. The summed E-state index contributed by atoms with van der Waals surface area (Å²) in [4.78, 5) is 2.07. The summed E-state index contributed by atoms with van der Waals surface area (Å²) in [6.45, 7) is 1.43. The summed E-state index contributed by atoms with van der Waals surface area (Å²) in [5.41, 5.74) is 1.28. The van der Waals surface area contributed by atoms with Gasteiger partial charge in [0, 0.05) is 19.1 Å². The average Bonchev–Trinajstić information content (AvgIpc) is 2.78. The van der Waals surface area contributed by atoms with Crippen LogP contribution in [0.15, 0.2) is 84.9 Å². The summed E-state index contributed by atoms with van der Waals surface area (Å²) in [6.07, 6.45) is 0.441. The van der Waals surface area contributed by atoms with Gasteiger partial charge in [0.1, 0.15) is 18.0 Å². The summed E-state index contributed by atoms with van der Waals surface area (Å²) in [5, 5.41) is 22.0. The fraction of sp³-hybridized carbons (Fsp3) is 0.308. The summed E-state index contributed by atoms with van der Waals surface area (Å²) in [6, 6.07) is 27.2. The Bertz CT molecular complexity index is 881. The number of nitrogens with zero attached hydrogens (tertiary/aromatic N) is 1. The monoisotopic (exact) mass is 405 g/mol. The van der Waals surface area contributed by atoms with Gasteiger partial charge in [-0.3, -0.25) is 0 Å². The van der Waals surface area contributed by atoms with E-state index in [1.165, 1.54) is 0 Å². The number of benzene rings is 3. The lowest BCUT2D eigenvalue weighted by Crippen LogP contribution is -2.35.